The summed E-state index contributed by atoms with van der Waals surface area (Å²) < 4.78 is 19.0. The summed E-state index contributed by atoms with van der Waals surface area (Å²) in [6.45, 7) is 4.71. The van der Waals surface area contributed by atoms with Gasteiger partial charge in [-0.3, -0.25) is 4.79 Å². The molecule has 0 aliphatic carbocycles. The van der Waals surface area contributed by atoms with Gasteiger partial charge in [0.25, 0.3) is 0 Å². The number of anilines is 1. The van der Waals surface area contributed by atoms with Crippen LogP contribution in [0.2, 0.25) is 0 Å². The van der Waals surface area contributed by atoms with Crippen LogP contribution in [0.5, 0.6) is 0 Å². The first-order valence-corrected chi connectivity index (χ1v) is 7.89. The molecule has 1 aromatic carbocycles. The standard InChI is InChI=1S/C17H23FN2O3/c1-4-16(21)20(15-8-6-5-7-13(15)18)14-9-10-19(11-12(14)2)17(22)23-3/h5-8,12,14H,4,9-11H2,1-3H3. The molecule has 1 aromatic rings. The van der Waals surface area contributed by atoms with E-state index in [-0.39, 0.29) is 24.0 Å². The molecule has 1 saturated heterocycles. The van der Waals surface area contributed by atoms with Crippen molar-refractivity contribution < 1.29 is 18.7 Å². The molecule has 2 rings (SSSR count). The van der Waals surface area contributed by atoms with Crippen molar-refractivity contribution in [1.29, 1.82) is 0 Å². The van der Waals surface area contributed by atoms with Crippen LogP contribution in [0.1, 0.15) is 26.7 Å². The number of benzene rings is 1. The second-order valence-corrected chi connectivity index (χ2v) is 5.82. The van der Waals surface area contributed by atoms with Crippen molar-refractivity contribution in [3.8, 4) is 0 Å². The number of halogens is 1. The minimum atomic E-state index is -0.406. The van der Waals surface area contributed by atoms with Crippen LogP contribution in [0.4, 0.5) is 14.9 Å². The summed E-state index contributed by atoms with van der Waals surface area (Å²) in [5.74, 6) is -0.492. The molecule has 2 unspecified atom stereocenters. The van der Waals surface area contributed by atoms with Gasteiger partial charge in [-0.05, 0) is 24.5 Å². The first-order chi connectivity index (χ1) is 11.0. The lowest BCUT2D eigenvalue weighted by molar-refractivity contribution is -0.119. The van der Waals surface area contributed by atoms with Crippen LogP contribution in [-0.4, -0.2) is 43.1 Å². The Kier molecular flexibility index (Phi) is 5.58. The fourth-order valence-electron chi connectivity index (χ4n) is 3.13. The minimum absolute atomic E-state index is 0.0259. The second-order valence-electron chi connectivity index (χ2n) is 5.82. The van der Waals surface area contributed by atoms with Crippen molar-refractivity contribution in [3.63, 3.8) is 0 Å². The maximum absolute atomic E-state index is 14.2. The summed E-state index contributed by atoms with van der Waals surface area (Å²) in [6.07, 6.45) is 0.531. The fraction of sp³-hybridized carbons (Fsp3) is 0.529. The van der Waals surface area contributed by atoms with Crippen LogP contribution < -0.4 is 4.90 Å². The Hall–Kier alpha value is -2.11. The Morgan fingerprint density at radius 1 is 1.39 bits per heavy atom. The van der Waals surface area contributed by atoms with Crippen molar-refractivity contribution >= 4 is 17.7 Å². The van der Waals surface area contributed by atoms with Gasteiger partial charge in [0.15, 0.2) is 0 Å². The maximum atomic E-state index is 14.2. The number of methoxy groups -OCH3 is 1. The molecule has 5 nitrogen and oxygen atoms in total. The quantitative estimate of drug-likeness (QED) is 0.859. The Morgan fingerprint density at radius 3 is 2.65 bits per heavy atom. The number of carbonyl (C=O) groups excluding carboxylic acids is 2. The number of rotatable bonds is 3. The largest absolute Gasteiger partial charge is 0.453 e. The van der Waals surface area contributed by atoms with Gasteiger partial charge in [0, 0.05) is 25.6 Å². The molecule has 126 valence electrons. The highest BCUT2D eigenvalue weighted by atomic mass is 19.1. The van der Waals surface area contributed by atoms with E-state index in [1.54, 1.807) is 34.9 Å². The van der Waals surface area contributed by atoms with Gasteiger partial charge in [0.1, 0.15) is 5.82 Å². The molecular formula is C17H23FN2O3. The number of nitrogens with zero attached hydrogens (tertiary/aromatic N) is 2. The fourth-order valence-corrected chi connectivity index (χ4v) is 3.13. The second kappa shape index (κ2) is 7.44. The van der Waals surface area contributed by atoms with E-state index in [9.17, 15) is 14.0 Å². The minimum Gasteiger partial charge on any atom is -0.453 e. The number of hydrogen-bond donors (Lipinski definition) is 0. The molecule has 0 spiro atoms. The number of amides is 2. The lowest BCUT2D eigenvalue weighted by Crippen LogP contribution is -2.53. The molecule has 1 heterocycles. The summed E-state index contributed by atoms with van der Waals surface area (Å²) in [5.41, 5.74) is 0.308. The van der Waals surface area contributed by atoms with Gasteiger partial charge in [0.2, 0.25) is 5.91 Å². The summed E-state index contributed by atoms with van der Waals surface area (Å²) in [5, 5.41) is 0. The maximum Gasteiger partial charge on any atom is 0.409 e. The van der Waals surface area contributed by atoms with Crippen LogP contribution in [0.3, 0.4) is 0 Å². The van der Waals surface area contributed by atoms with Crippen molar-refractivity contribution in [3.05, 3.63) is 30.1 Å². The van der Waals surface area contributed by atoms with Crippen molar-refractivity contribution in [2.45, 2.75) is 32.7 Å². The van der Waals surface area contributed by atoms with Gasteiger partial charge in [-0.2, -0.15) is 0 Å². The Morgan fingerprint density at radius 2 is 2.09 bits per heavy atom. The molecule has 1 aliphatic heterocycles. The van der Waals surface area contributed by atoms with E-state index in [2.05, 4.69) is 0 Å². The number of hydrogen-bond acceptors (Lipinski definition) is 3. The number of carbonyl (C=O) groups is 2. The van der Waals surface area contributed by atoms with Crippen LogP contribution in [0, 0.1) is 11.7 Å². The average molecular weight is 322 g/mol. The molecule has 0 bridgehead atoms. The molecular weight excluding hydrogens is 299 g/mol. The third-order valence-corrected chi connectivity index (χ3v) is 4.31. The zero-order chi connectivity index (χ0) is 17.0. The number of likely N-dealkylation sites (tertiary alicyclic amines) is 1. The Balaban J connectivity index is 2.26. The van der Waals surface area contributed by atoms with E-state index >= 15 is 0 Å². The third-order valence-electron chi connectivity index (χ3n) is 4.31. The molecule has 0 N–H and O–H groups in total. The first-order valence-electron chi connectivity index (χ1n) is 7.89. The average Bonchev–Trinajstić information content (AvgIpc) is 2.57. The van der Waals surface area contributed by atoms with Gasteiger partial charge < -0.3 is 14.5 Å². The number of para-hydroxylation sites is 1. The van der Waals surface area contributed by atoms with E-state index in [4.69, 9.17) is 4.74 Å². The predicted octanol–water partition coefficient (Wildman–Crippen LogP) is 3.05. The van der Waals surface area contributed by atoms with E-state index < -0.39 is 5.82 Å². The molecule has 0 aromatic heterocycles. The van der Waals surface area contributed by atoms with Crippen LogP contribution in [0.25, 0.3) is 0 Å². The van der Waals surface area contributed by atoms with Gasteiger partial charge in [-0.25, -0.2) is 9.18 Å². The number of ether oxygens (including phenoxy) is 1. The highest BCUT2D eigenvalue weighted by Crippen LogP contribution is 2.30. The Labute approximate surface area is 136 Å². The highest BCUT2D eigenvalue weighted by Gasteiger charge is 2.36. The summed E-state index contributed by atoms with van der Waals surface area (Å²) >= 11 is 0. The van der Waals surface area contributed by atoms with E-state index in [1.165, 1.54) is 13.2 Å². The lowest BCUT2D eigenvalue weighted by atomic mass is 9.91. The Bertz CT molecular complexity index is 579. The van der Waals surface area contributed by atoms with Gasteiger partial charge in [-0.15, -0.1) is 0 Å². The SMILES string of the molecule is CCC(=O)N(c1ccccc1F)C1CCN(C(=O)OC)CC1C. The van der Waals surface area contributed by atoms with E-state index in [0.29, 0.717) is 31.6 Å². The smallest absolute Gasteiger partial charge is 0.409 e. The zero-order valence-electron chi connectivity index (χ0n) is 13.8. The summed E-state index contributed by atoms with van der Waals surface area (Å²) in [6, 6.07) is 6.18. The number of piperidine rings is 1. The van der Waals surface area contributed by atoms with Crippen LogP contribution >= 0.6 is 0 Å². The molecule has 0 saturated carbocycles. The van der Waals surface area contributed by atoms with Gasteiger partial charge in [0.05, 0.1) is 12.8 Å². The first kappa shape index (κ1) is 17.2. The highest BCUT2D eigenvalue weighted by molar-refractivity contribution is 5.94. The van der Waals surface area contributed by atoms with Crippen molar-refractivity contribution in [2.24, 2.45) is 5.92 Å². The zero-order valence-corrected chi connectivity index (χ0v) is 13.8. The molecule has 1 fully saturated rings. The molecule has 0 radical (unpaired) electrons. The predicted molar refractivity (Wildman–Crippen MR) is 85.7 cm³/mol. The van der Waals surface area contributed by atoms with E-state index in [0.717, 1.165) is 0 Å². The molecule has 6 heteroatoms. The van der Waals surface area contributed by atoms with E-state index in [1.807, 2.05) is 6.92 Å². The van der Waals surface area contributed by atoms with Gasteiger partial charge in [-0.1, -0.05) is 26.0 Å². The molecule has 23 heavy (non-hydrogen) atoms. The van der Waals surface area contributed by atoms with Crippen molar-refractivity contribution in [2.75, 3.05) is 25.1 Å². The van der Waals surface area contributed by atoms with Crippen LogP contribution in [-0.2, 0) is 9.53 Å². The topological polar surface area (TPSA) is 49.9 Å². The molecule has 1 aliphatic rings. The molecule has 2 atom stereocenters. The lowest BCUT2D eigenvalue weighted by Gasteiger charge is -2.42. The normalized spacial score (nSPS) is 21.0. The monoisotopic (exact) mass is 322 g/mol. The van der Waals surface area contributed by atoms with Gasteiger partial charge >= 0.3 is 6.09 Å². The summed E-state index contributed by atoms with van der Waals surface area (Å²) in [7, 11) is 1.35. The van der Waals surface area contributed by atoms with Crippen molar-refractivity contribution in [1.82, 2.24) is 4.90 Å². The molecule has 2 amide bonds. The third kappa shape index (κ3) is 3.63. The van der Waals surface area contributed by atoms with Crippen LogP contribution in [0.15, 0.2) is 24.3 Å². The summed E-state index contributed by atoms with van der Waals surface area (Å²) in [4.78, 5) is 27.3.